The van der Waals surface area contributed by atoms with Gasteiger partial charge in [0, 0.05) is 19.5 Å². The van der Waals surface area contributed by atoms with E-state index in [0.717, 1.165) is 23.1 Å². The number of hydrogen-bond donors (Lipinski definition) is 1. The fourth-order valence-electron chi connectivity index (χ4n) is 4.63. The number of carbonyl (C=O) groups excluding carboxylic acids is 2. The van der Waals surface area contributed by atoms with Gasteiger partial charge in [0.2, 0.25) is 5.91 Å². The maximum absolute atomic E-state index is 12.9. The number of nitrogens with one attached hydrogen (secondary N) is 1. The molecule has 0 fully saturated rings. The van der Waals surface area contributed by atoms with Gasteiger partial charge in [-0.1, -0.05) is 80.1 Å². The topological polar surface area (TPSA) is 58.6 Å². The molecule has 0 aromatic heterocycles. The first-order chi connectivity index (χ1) is 17.0. The largest absolute Gasteiger partial charge is 0.481 e. The normalized spacial score (nSPS) is 15.7. The maximum atomic E-state index is 12.9. The molecule has 0 saturated heterocycles. The third kappa shape index (κ3) is 5.73. The van der Waals surface area contributed by atoms with Crippen molar-refractivity contribution in [3.05, 3.63) is 101 Å². The molecular weight excluding hydrogens is 436 g/mol. The minimum Gasteiger partial charge on any atom is -0.481 e. The second-order valence-corrected chi connectivity index (χ2v) is 9.08. The Morgan fingerprint density at radius 1 is 1.03 bits per heavy atom. The van der Waals surface area contributed by atoms with Gasteiger partial charge in [-0.2, -0.15) is 0 Å². The van der Waals surface area contributed by atoms with E-state index in [4.69, 9.17) is 4.74 Å². The molecule has 1 aliphatic rings. The van der Waals surface area contributed by atoms with Crippen LogP contribution >= 0.6 is 0 Å². The van der Waals surface area contributed by atoms with E-state index >= 15 is 0 Å². The highest BCUT2D eigenvalue weighted by Crippen LogP contribution is 2.37. The van der Waals surface area contributed by atoms with Gasteiger partial charge in [0.1, 0.15) is 5.75 Å². The van der Waals surface area contributed by atoms with Crippen LogP contribution in [0, 0.1) is 6.92 Å². The number of aryl methyl sites for hydroxylation is 1. The van der Waals surface area contributed by atoms with E-state index in [9.17, 15) is 9.59 Å². The Morgan fingerprint density at radius 3 is 2.46 bits per heavy atom. The van der Waals surface area contributed by atoms with Crippen LogP contribution in [0.1, 0.15) is 60.5 Å². The molecule has 5 nitrogen and oxygen atoms in total. The first kappa shape index (κ1) is 24.5. The predicted octanol–water partition coefficient (Wildman–Crippen LogP) is 5.35. The van der Waals surface area contributed by atoms with Gasteiger partial charge in [0.15, 0.2) is 6.10 Å². The van der Waals surface area contributed by atoms with Crippen LogP contribution < -0.4 is 10.1 Å². The molecule has 0 radical (unpaired) electrons. The fraction of sp³-hybridized carbons (Fsp3) is 0.333. The van der Waals surface area contributed by atoms with E-state index in [1.165, 1.54) is 11.1 Å². The Kier molecular flexibility index (Phi) is 7.86. The lowest BCUT2D eigenvalue weighted by Crippen LogP contribution is -2.40. The predicted molar refractivity (Wildman–Crippen MR) is 138 cm³/mol. The van der Waals surface area contributed by atoms with Crippen molar-refractivity contribution in [1.82, 2.24) is 10.2 Å². The molecule has 1 heterocycles. The van der Waals surface area contributed by atoms with Crippen LogP contribution in [0.25, 0.3) is 0 Å². The van der Waals surface area contributed by atoms with Crippen molar-refractivity contribution < 1.29 is 14.3 Å². The zero-order valence-electron chi connectivity index (χ0n) is 20.8. The Labute approximate surface area is 208 Å². The maximum Gasteiger partial charge on any atom is 0.261 e. The smallest absolute Gasteiger partial charge is 0.261 e. The molecule has 0 aliphatic carbocycles. The number of carbonyl (C=O) groups is 2. The monoisotopic (exact) mass is 470 g/mol. The molecule has 35 heavy (non-hydrogen) atoms. The van der Waals surface area contributed by atoms with Crippen molar-refractivity contribution in [3.8, 4) is 5.75 Å². The first-order valence-electron chi connectivity index (χ1n) is 12.5. The molecule has 0 saturated carbocycles. The Bertz CT molecular complexity index is 1160. The molecule has 1 aliphatic heterocycles. The van der Waals surface area contributed by atoms with Crippen LogP contribution in [-0.4, -0.2) is 29.4 Å². The van der Waals surface area contributed by atoms with E-state index in [1.807, 2.05) is 61.2 Å². The number of rotatable bonds is 8. The van der Waals surface area contributed by atoms with Crippen LogP contribution in [0.2, 0.25) is 0 Å². The molecule has 4 rings (SSSR count). The van der Waals surface area contributed by atoms with E-state index in [-0.39, 0.29) is 17.9 Å². The second-order valence-electron chi connectivity index (χ2n) is 9.08. The van der Waals surface area contributed by atoms with Crippen LogP contribution in [-0.2, 0) is 22.6 Å². The molecular formula is C30H34N2O3. The highest BCUT2D eigenvalue weighted by atomic mass is 16.5. The number of ether oxygens (including phenoxy) is 1. The molecule has 0 bridgehead atoms. The molecule has 3 aromatic rings. The van der Waals surface area contributed by atoms with Gasteiger partial charge in [-0.05, 0) is 54.2 Å². The lowest BCUT2D eigenvalue weighted by Gasteiger charge is -2.38. The summed E-state index contributed by atoms with van der Waals surface area (Å²) in [6, 6.07) is 24.1. The standard InChI is InChI=1S/C30H34N2O3/c1-4-27(30(34)31-20-22-9-7-6-8-10-22)35-25-16-15-23-17-18-32(28(33)5-2)29(26(23)19-25)24-13-11-21(3)12-14-24/h6-16,19,27,29H,4-5,17-18,20H2,1-3H3,(H,31,34)/t27-,29+/m0/s1. The minimum absolute atomic E-state index is 0.132. The molecule has 0 unspecified atom stereocenters. The molecule has 2 amide bonds. The van der Waals surface area contributed by atoms with Crippen molar-refractivity contribution in [2.24, 2.45) is 0 Å². The quantitative estimate of drug-likeness (QED) is 0.483. The molecule has 182 valence electrons. The van der Waals surface area contributed by atoms with Crippen molar-refractivity contribution in [1.29, 1.82) is 0 Å². The van der Waals surface area contributed by atoms with Gasteiger partial charge in [0.25, 0.3) is 5.91 Å². The van der Waals surface area contributed by atoms with Gasteiger partial charge >= 0.3 is 0 Å². The highest BCUT2D eigenvalue weighted by Gasteiger charge is 2.32. The van der Waals surface area contributed by atoms with E-state index in [2.05, 4.69) is 42.6 Å². The van der Waals surface area contributed by atoms with Crippen molar-refractivity contribution in [3.63, 3.8) is 0 Å². The highest BCUT2D eigenvalue weighted by molar-refractivity contribution is 5.81. The number of nitrogens with zero attached hydrogens (tertiary/aromatic N) is 1. The number of amides is 2. The Hall–Kier alpha value is -3.60. The number of fused-ring (bicyclic) bond motifs is 1. The third-order valence-electron chi connectivity index (χ3n) is 6.61. The lowest BCUT2D eigenvalue weighted by atomic mass is 9.87. The average molecular weight is 471 g/mol. The summed E-state index contributed by atoms with van der Waals surface area (Å²) in [5.74, 6) is 0.652. The van der Waals surface area contributed by atoms with Crippen molar-refractivity contribution in [2.45, 2.75) is 58.7 Å². The van der Waals surface area contributed by atoms with Crippen molar-refractivity contribution in [2.75, 3.05) is 6.54 Å². The summed E-state index contributed by atoms with van der Waals surface area (Å²) >= 11 is 0. The molecule has 1 N–H and O–H groups in total. The number of hydrogen-bond acceptors (Lipinski definition) is 3. The van der Waals surface area contributed by atoms with Crippen LogP contribution in [0.5, 0.6) is 5.75 Å². The zero-order valence-corrected chi connectivity index (χ0v) is 20.8. The molecule has 3 aromatic carbocycles. The summed E-state index contributed by atoms with van der Waals surface area (Å²) < 4.78 is 6.19. The Morgan fingerprint density at radius 2 is 1.77 bits per heavy atom. The summed E-state index contributed by atoms with van der Waals surface area (Å²) in [7, 11) is 0. The summed E-state index contributed by atoms with van der Waals surface area (Å²) in [5, 5.41) is 2.99. The summed E-state index contributed by atoms with van der Waals surface area (Å²) in [6.07, 6.45) is 1.23. The van der Waals surface area contributed by atoms with E-state index in [0.29, 0.717) is 31.7 Å². The Balaban J connectivity index is 1.58. The fourth-order valence-corrected chi connectivity index (χ4v) is 4.63. The second kappa shape index (κ2) is 11.2. The summed E-state index contributed by atoms with van der Waals surface area (Å²) in [5.41, 5.74) is 5.60. The van der Waals surface area contributed by atoms with Gasteiger partial charge in [-0.25, -0.2) is 0 Å². The molecule has 5 heteroatoms. The van der Waals surface area contributed by atoms with Gasteiger partial charge < -0.3 is 15.0 Å². The van der Waals surface area contributed by atoms with Crippen LogP contribution in [0.3, 0.4) is 0 Å². The average Bonchev–Trinajstić information content (AvgIpc) is 2.90. The third-order valence-corrected chi connectivity index (χ3v) is 6.61. The zero-order chi connectivity index (χ0) is 24.8. The van der Waals surface area contributed by atoms with E-state index in [1.54, 1.807) is 0 Å². The minimum atomic E-state index is -0.591. The SMILES string of the molecule is CCC(=O)N1CCc2ccc(O[C@@H](CC)C(=O)NCc3ccccc3)cc2[C@H]1c1ccc(C)cc1. The van der Waals surface area contributed by atoms with E-state index < -0.39 is 6.10 Å². The summed E-state index contributed by atoms with van der Waals surface area (Å²) in [6.45, 7) is 7.07. The summed E-state index contributed by atoms with van der Waals surface area (Å²) in [4.78, 5) is 27.7. The van der Waals surface area contributed by atoms with Crippen LogP contribution in [0.15, 0.2) is 72.8 Å². The first-order valence-corrected chi connectivity index (χ1v) is 12.5. The van der Waals surface area contributed by atoms with Gasteiger partial charge in [0.05, 0.1) is 6.04 Å². The molecule has 0 spiro atoms. The lowest BCUT2D eigenvalue weighted by molar-refractivity contribution is -0.133. The number of benzene rings is 3. The van der Waals surface area contributed by atoms with Gasteiger partial charge in [-0.15, -0.1) is 0 Å². The van der Waals surface area contributed by atoms with Gasteiger partial charge in [-0.3, -0.25) is 9.59 Å². The van der Waals surface area contributed by atoms with Crippen molar-refractivity contribution >= 4 is 11.8 Å². The van der Waals surface area contributed by atoms with Crippen LogP contribution in [0.4, 0.5) is 0 Å². The molecule has 2 atom stereocenters.